The Morgan fingerprint density at radius 2 is 2.06 bits per heavy atom. The molecule has 2 N–H and O–H groups in total. The number of hydrogen-bond acceptors (Lipinski definition) is 8. The molecule has 2 aliphatic rings. The van der Waals surface area contributed by atoms with Gasteiger partial charge in [-0.1, -0.05) is 32.1 Å². The maximum atomic E-state index is 13.1. The number of aromatic nitrogens is 5. The summed E-state index contributed by atoms with van der Waals surface area (Å²) in [7, 11) is 1.63. The first-order valence-corrected chi connectivity index (χ1v) is 11.5. The van der Waals surface area contributed by atoms with Crippen molar-refractivity contribution in [3.05, 3.63) is 35.7 Å². The quantitative estimate of drug-likeness (QED) is 0.586. The molecule has 34 heavy (non-hydrogen) atoms. The zero-order chi connectivity index (χ0) is 23.7. The molecule has 3 aromatic rings. The molecule has 1 unspecified atom stereocenters. The average molecular weight is 466 g/mol. The monoisotopic (exact) mass is 465 g/mol. The standard InChI is InChI=1S/C23H27N7O4/c1-13-26-29-22(34-13)15-8-9-18-17(11-15)30(2)23(32)16(12-33-18)24-21(31)20-25-19(27-28-20)10-14-6-4-3-5-7-14/h8-9,11,14,16H,3-7,10,12H2,1-2H3,(H,24,31)(H,25,27,28). The maximum Gasteiger partial charge on any atom is 0.291 e. The van der Waals surface area contributed by atoms with Crippen molar-refractivity contribution in [2.45, 2.75) is 51.5 Å². The number of amides is 2. The van der Waals surface area contributed by atoms with Crippen LogP contribution in [0.4, 0.5) is 5.69 Å². The first-order chi connectivity index (χ1) is 16.5. The maximum absolute atomic E-state index is 13.1. The summed E-state index contributed by atoms with van der Waals surface area (Å²) >= 11 is 0. The van der Waals surface area contributed by atoms with Crippen LogP contribution in [0.5, 0.6) is 5.75 Å². The number of nitrogens with zero attached hydrogens (tertiary/aromatic N) is 5. The highest BCUT2D eigenvalue weighted by Gasteiger charge is 2.32. The van der Waals surface area contributed by atoms with E-state index in [4.69, 9.17) is 9.15 Å². The summed E-state index contributed by atoms with van der Waals surface area (Å²) in [5, 5.41) is 17.5. The van der Waals surface area contributed by atoms with E-state index < -0.39 is 11.9 Å². The van der Waals surface area contributed by atoms with Gasteiger partial charge in [0.25, 0.3) is 11.8 Å². The fourth-order valence-electron chi connectivity index (χ4n) is 4.52. The summed E-state index contributed by atoms with van der Waals surface area (Å²) in [6, 6.07) is 4.38. The van der Waals surface area contributed by atoms with E-state index in [0.717, 1.165) is 6.42 Å². The third-order valence-electron chi connectivity index (χ3n) is 6.37. The third-order valence-corrected chi connectivity index (χ3v) is 6.37. The van der Waals surface area contributed by atoms with Crippen molar-refractivity contribution in [3.63, 3.8) is 0 Å². The molecule has 5 rings (SSSR count). The molecule has 3 heterocycles. The molecule has 0 saturated heterocycles. The molecule has 2 amide bonds. The number of aromatic amines is 1. The van der Waals surface area contributed by atoms with Crippen LogP contribution in [0.2, 0.25) is 0 Å². The van der Waals surface area contributed by atoms with Crippen molar-refractivity contribution >= 4 is 17.5 Å². The van der Waals surface area contributed by atoms with Crippen LogP contribution in [0, 0.1) is 12.8 Å². The van der Waals surface area contributed by atoms with Crippen LogP contribution in [0.15, 0.2) is 22.6 Å². The Bertz CT molecular complexity index is 1200. The molecule has 2 aromatic heterocycles. The first-order valence-electron chi connectivity index (χ1n) is 11.5. The minimum Gasteiger partial charge on any atom is -0.489 e. The molecule has 0 radical (unpaired) electrons. The van der Waals surface area contributed by atoms with Crippen molar-refractivity contribution in [3.8, 4) is 17.2 Å². The zero-order valence-corrected chi connectivity index (χ0v) is 19.2. The van der Waals surface area contributed by atoms with Gasteiger partial charge < -0.3 is 19.4 Å². The van der Waals surface area contributed by atoms with Crippen LogP contribution in [-0.2, 0) is 11.2 Å². The lowest BCUT2D eigenvalue weighted by Gasteiger charge is -2.20. The molecular formula is C23H27N7O4. The average Bonchev–Trinajstić information content (AvgIpc) is 3.48. The smallest absolute Gasteiger partial charge is 0.291 e. The van der Waals surface area contributed by atoms with Crippen LogP contribution in [0.3, 0.4) is 0 Å². The number of ether oxygens (including phenoxy) is 1. The van der Waals surface area contributed by atoms with E-state index in [-0.39, 0.29) is 18.3 Å². The van der Waals surface area contributed by atoms with Crippen LogP contribution in [0.1, 0.15) is 54.4 Å². The van der Waals surface area contributed by atoms with Gasteiger partial charge in [-0.05, 0) is 24.1 Å². The van der Waals surface area contributed by atoms with E-state index >= 15 is 0 Å². The number of rotatable bonds is 5. The van der Waals surface area contributed by atoms with Gasteiger partial charge in [-0.2, -0.15) is 0 Å². The molecule has 1 aromatic carbocycles. The fourth-order valence-corrected chi connectivity index (χ4v) is 4.52. The highest BCUT2D eigenvalue weighted by molar-refractivity contribution is 6.02. The predicted molar refractivity (Wildman–Crippen MR) is 121 cm³/mol. The summed E-state index contributed by atoms with van der Waals surface area (Å²) < 4.78 is 11.3. The molecule has 1 atom stereocenters. The third kappa shape index (κ3) is 4.50. The molecular weight excluding hydrogens is 438 g/mol. The van der Waals surface area contributed by atoms with Crippen molar-refractivity contribution in [1.29, 1.82) is 0 Å². The molecule has 1 aliphatic heterocycles. The summed E-state index contributed by atoms with van der Waals surface area (Å²) in [5.74, 6) is 1.78. The first kappa shape index (κ1) is 22.1. The molecule has 0 spiro atoms. The highest BCUT2D eigenvalue weighted by Crippen LogP contribution is 2.34. The number of fused-ring (bicyclic) bond motifs is 1. The van der Waals surface area contributed by atoms with Crippen LogP contribution in [-0.4, -0.2) is 56.9 Å². The summed E-state index contributed by atoms with van der Waals surface area (Å²) in [6.07, 6.45) is 6.90. The number of anilines is 1. The number of hydrogen-bond donors (Lipinski definition) is 2. The minimum atomic E-state index is -0.890. The lowest BCUT2D eigenvalue weighted by atomic mass is 9.87. The SMILES string of the molecule is Cc1nnc(-c2ccc3c(c2)N(C)C(=O)C(NC(=O)c2n[nH]c(CC4CCCCC4)n2)CO3)o1. The Labute approximate surface area is 196 Å². The van der Waals surface area contributed by atoms with Gasteiger partial charge in [0.05, 0.1) is 5.69 Å². The Hall–Kier alpha value is -3.76. The lowest BCUT2D eigenvalue weighted by molar-refractivity contribution is -0.120. The van der Waals surface area contributed by atoms with Gasteiger partial charge in [-0.25, -0.2) is 4.98 Å². The summed E-state index contributed by atoms with van der Waals surface area (Å²) in [6.45, 7) is 1.69. The molecule has 1 aliphatic carbocycles. The number of benzene rings is 1. The van der Waals surface area contributed by atoms with Gasteiger partial charge in [0.1, 0.15) is 24.2 Å². The summed E-state index contributed by atoms with van der Waals surface area (Å²) in [5.41, 5.74) is 1.21. The van der Waals surface area contributed by atoms with Crippen molar-refractivity contribution < 1.29 is 18.7 Å². The zero-order valence-electron chi connectivity index (χ0n) is 19.2. The second kappa shape index (κ2) is 9.24. The van der Waals surface area contributed by atoms with Crippen LogP contribution < -0.4 is 15.0 Å². The van der Waals surface area contributed by atoms with Gasteiger partial charge in [0.2, 0.25) is 17.6 Å². The number of likely N-dealkylation sites (N-methyl/N-ethyl adjacent to an activating group) is 1. The number of carbonyl (C=O) groups excluding carboxylic acids is 2. The van der Waals surface area contributed by atoms with E-state index in [2.05, 4.69) is 30.7 Å². The van der Waals surface area contributed by atoms with Crippen molar-refractivity contribution in [2.75, 3.05) is 18.6 Å². The van der Waals surface area contributed by atoms with Crippen LogP contribution in [0.25, 0.3) is 11.5 Å². The molecule has 11 heteroatoms. The van der Waals surface area contributed by atoms with Gasteiger partial charge in [0, 0.05) is 26.0 Å². The van der Waals surface area contributed by atoms with E-state index in [9.17, 15) is 9.59 Å². The molecule has 0 bridgehead atoms. The Kier molecular flexibility index (Phi) is 5.99. The Morgan fingerprint density at radius 1 is 1.24 bits per heavy atom. The highest BCUT2D eigenvalue weighted by atomic mass is 16.5. The lowest BCUT2D eigenvalue weighted by Crippen LogP contribution is -2.49. The van der Waals surface area contributed by atoms with Gasteiger partial charge >= 0.3 is 0 Å². The second-order valence-corrected chi connectivity index (χ2v) is 8.86. The number of H-pyrrole nitrogens is 1. The Morgan fingerprint density at radius 3 is 2.82 bits per heavy atom. The molecule has 178 valence electrons. The Balaban J connectivity index is 1.27. The van der Waals surface area contributed by atoms with Gasteiger partial charge in [-0.15, -0.1) is 15.3 Å². The number of carbonyl (C=O) groups is 2. The molecule has 1 fully saturated rings. The van der Waals surface area contributed by atoms with E-state index in [0.29, 0.717) is 40.5 Å². The normalized spacial score (nSPS) is 18.8. The van der Waals surface area contributed by atoms with E-state index in [1.165, 1.54) is 37.0 Å². The second-order valence-electron chi connectivity index (χ2n) is 8.86. The molecule has 1 saturated carbocycles. The number of nitrogens with one attached hydrogen (secondary N) is 2. The summed E-state index contributed by atoms with van der Waals surface area (Å²) in [4.78, 5) is 31.7. The largest absolute Gasteiger partial charge is 0.489 e. The van der Waals surface area contributed by atoms with Crippen molar-refractivity contribution in [1.82, 2.24) is 30.7 Å². The number of aryl methyl sites for hydroxylation is 1. The van der Waals surface area contributed by atoms with Crippen LogP contribution >= 0.6 is 0 Å². The van der Waals surface area contributed by atoms with Gasteiger partial charge in [0.15, 0.2) is 0 Å². The van der Waals surface area contributed by atoms with E-state index in [1.54, 1.807) is 32.2 Å². The fraction of sp³-hybridized carbons (Fsp3) is 0.478. The topological polar surface area (TPSA) is 139 Å². The predicted octanol–water partition coefficient (Wildman–Crippen LogP) is 2.44. The molecule has 11 nitrogen and oxygen atoms in total. The van der Waals surface area contributed by atoms with E-state index in [1.807, 2.05) is 0 Å². The van der Waals surface area contributed by atoms with Gasteiger partial charge in [-0.3, -0.25) is 14.7 Å². The van der Waals surface area contributed by atoms with Crippen molar-refractivity contribution in [2.24, 2.45) is 5.92 Å². The minimum absolute atomic E-state index is 0.0136.